The summed E-state index contributed by atoms with van der Waals surface area (Å²) in [5.74, 6) is -0.0928. The number of carbonyl (C=O) groups excluding carboxylic acids is 2. The summed E-state index contributed by atoms with van der Waals surface area (Å²) in [6.45, 7) is 11.7. The Morgan fingerprint density at radius 1 is 1.15 bits per heavy atom. The van der Waals surface area contributed by atoms with E-state index in [4.69, 9.17) is 0 Å². The van der Waals surface area contributed by atoms with E-state index < -0.39 is 0 Å². The van der Waals surface area contributed by atoms with Crippen LogP contribution in [-0.2, 0) is 0 Å². The Balaban J connectivity index is 2.26. The first-order valence-corrected chi connectivity index (χ1v) is 9.98. The summed E-state index contributed by atoms with van der Waals surface area (Å²) in [7, 11) is 0. The van der Waals surface area contributed by atoms with Crippen LogP contribution in [0.5, 0.6) is 0 Å². The Kier molecular flexibility index (Phi) is 7.11. The minimum Gasteiger partial charge on any atom is -0.371 e. The highest BCUT2D eigenvalue weighted by atomic mass is 16.2. The second-order valence-corrected chi connectivity index (χ2v) is 8.39. The van der Waals surface area contributed by atoms with Gasteiger partial charge in [0.15, 0.2) is 0 Å². The maximum Gasteiger partial charge on any atom is 0.319 e. The molecule has 0 aromatic heterocycles. The summed E-state index contributed by atoms with van der Waals surface area (Å²) in [6.07, 6.45) is 4.38. The number of amides is 3. The zero-order chi connectivity index (χ0) is 20.0. The lowest BCUT2D eigenvalue weighted by Gasteiger charge is -2.31. The van der Waals surface area contributed by atoms with Gasteiger partial charge in [0.05, 0.1) is 5.56 Å². The Bertz CT molecular complexity index is 661. The van der Waals surface area contributed by atoms with E-state index in [1.165, 1.54) is 6.42 Å². The molecular formula is C21H34N4O2. The van der Waals surface area contributed by atoms with Crippen LogP contribution < -0.4 is 20.9 Å². The SMILES string of the molecule is CCC(C)NC(=O)c1cc(NC(=O)NC(C)(C)C)ccc1N1CCCCC1. The van der Waals surface area contributed by atoms with Crippen LogP contribution >= 0.6 is 0 Å². The standard InChI is InChI=1S/C21H34N4O2/c1-6-15(2)22-19(26)17-14-16(23-20(27)24-21(3,4)5)10-11-18(17)25-12-8-7-9-13-25/h10-11,14-15H,6-9,12-13H2,1-5H3,(H,22,26)(H2,23,24,27). The highest BCUT2D eigenvalue weighted by Gasteiger charge is 2.21. The molecule has 0 saturated carbocycles. The number of urea groups is 1. The van der Waals surface area contributed by atoms with E-state index in [1.54, 1.807) is 6.07 Å². The first kappa shape index (κ1) is 21.1. The van der Waals surface area contributed by atoms with E-state index in [2.05, 4.69) is 20.9 Å². The fourth-order valence-electron chi connectivity index (χ4n) is 3.11. The maximum absolute atomic E-state index is 12.9. The zero-order valence-electron chi connectivity index (χ0n) is 17.3. The number of hydrogen-bond acceptors (Lipinski definition) is 3. The Morgan fingerprint density at radius 2 is 1.81 bits per heavy atom. The van der Waals surface area contributed by atoms with Crippen LogP contribution in [0.25, 0.3) is 0 Å². The van der Waals surface area contributed by atoms with Gasteiger partial charge in [-0.2, -0.15) is 0 Å². The molecule has 3 N–H and O–H groups in total. The van der Waals surface area contributed by atoms with Crippen LogP contribution in [0.3, 0.4) is 0 Å². The molecule has 6 nitrogen and oxygen atoms in total. The summed E-state index contributed by atoms with van der Waals surface area (Å²) >= 11 is 0. The van der Waals surface area contributed by atoms with Gasteiger partial charge in [-0.1, -0.05) is 6.92 Å². The molecule has 1 aromatic rings. The van der Waals surface area contributed by atoms with E-state index in [1.807, 2.05) is 46.8 Å². The number of benzene rings is 1. The predicted octanol–water partition coefficient (Wildman–Crippen LogP) is 4.13. The zero-order valence-corrected chi connectivity index (χ0v) is 17.3. The molecular weight excluding hydrogens is 340 g/mol. The van der Waals surface area contributed by atoms with Crippen LogP contribution in [0.15, 0.2) is 18.2 Å². The highest BCUT2D eigenvalue weighted by Crippen LogP contribution is 2.27. The van der Waals surface area contributed by atoms with E-state index in [9.17, 15) is 9.59 Å². The van der Waals surface area contributed by atoms with Crippen molar-refractivity contribution in [3.8, 4) is 0 Å². The fraction of sp³-hybridized carbons (Fsp3) is 0.619. The number of nitrogens with zero attached hydrogens (tertiary/aromatic N) is 1. The summed E-state index contributed by atoms with van der Waals surface area (Å²) in [4.78, 5) is 27.3. The molecule has 2 rings (SSSR count). The molecule has 0 radical (unpaired) electrons. The molecule has 1 atom stereocenters. The van der Waals surface area contributed by atoms with Gasteiger partial charge in [0.1, 0.15) is 0 Å². The second kappa shape index (κ2) is 9.11. The first-order chi connectivity index (χ1) is 12.7. The van der Waals surface area contributed by atoms with Gasteiger partial charge in [-0.05, 0) is 71.6 Å². The third-order valence-electron chi connectivity index (χ3n) is 4.67. The van der Waals surface area contributed by atoms with Crippen molar-refractivity contribution in [2.24, 2.45) is 0 Å². The molecule has 1 aromatic carbocycles. The van der Waals surface area contributed by atoms with Crippen molar-refractivity contribution in [2.75, 3.05) is 23.3 Å². The van der Waals surface area contributed by atoms with Gasteiger partial charge in [0.25, 0.3) is 5.91 Å². The lowest BCUT2D eigenvalue weighted by atomic mass is 10.1. The second-order valence-electron chi connectivity index (χ2n) is 8.39. The Hall–Kier alpha value is -2.24. The molecule has 150 valence electrons. The molecule has 0 aliphatic carbocycles. The van der Waals surface area contributed by atoms with Crippen molar-refractivity contribution >= 4 is 23.3 Å². The van der Waals surface area contributed by atoms with Crippen molar-refractivity contribution in [3.63, 3.8) is 0 Å². The number of hydrogen-bond donors (Lipinski definition) is 3. The molecule has 0 spiro atoms. The average molecular weight is 375 g/mol. The van der Waals surface area contributed by atoms with Crippen LogP contribution in [0, 0.1) is 0 Å². The number of anilines is 2. The lowest BCUT2D eigenvalue weighted by molar-refractivity contribution is 0.0939. The van der Waals surface area contributed by atoms with E-state index >= 15 is 0 Å². The predicted molar refractivity (Wildman–Crippen MR) is 112 cm³/mol. The van der Waals surface area contributed by atoms with Gasteiger partial charge in [-0.3, -0.25) is 4.79 Å². The van der Waals surface area contributed by atoms with Crippen molar-refractivity contribution in [1.29, 1.82) is 0 Å². The molecule has 1 aliphatic rings. The van der Waals surface area contributed by atoms with Crippen LogP contribution in [0.2, 0.25) is 0 Å². The molecule has 1 saturated heterocycles. The molecule has 3 amide bonds. The molecule has 1 heterocycles. The number of nitrogens with one attached hydrogen (secondary N) is 3. The van der Waals surface area contributed by atoms with Gasteiger partial charge < -0.3 is 20.9 Å². The van der Waals surface area contributed by atoms with Gasteiger partial charge in [0.2, 0.25) is 0 Å². The van der Waals surface area contributed by atoms with E-state index in [-0.39, 0.29) is 23.5 Å². The first-order valence-electron chi connectivity index (χ1n) is 9.98. The van der Waals surface area contributed by atoms with Crippen molar-refractivity contribution < 1.29 is 9.59 Å². The Morgan fingerprint density at radius 3 is 2.41 bits per heavy atom. The molecule has 6 heteroatoms. The third-order valence-corrected chi connectivity index (χ3v) is 4.67. The molecule has 1 aliphatic heterocycles. The van der Waals surface area contributed by atoms with E-state index in [0.29, 0.717) is 11.3 Å². The molecule has 1 unspecified atom stereocenters. The van der Waals surface area contributed by atoms with Gasteiger partial charge >= 0.3 is 6.03 Å². The average Bonchev–Trinajstić information content (AvgIpc) is 2.60. The molecule has 27 heavy (non-hydrogen) atoms. The number of piperidine rings is 1. The summed E-state index contributed by atoms with van der Waals surface area (Å²) in [6, 6.07) is 5.42. The summed E-state index contributed by atoms with van der Waals surface area (Å²) < 4.78 is 0. The van der Waals surface area contributed by atoms with Gasteiger partial charge in [-0.25, -0.2) is 4.79 Å². The summed E-state index contributed by atoms with van der Waals surface area (Å²) in [5, 5.41) is 8.77. The maximum atomic E-state index is 12.9. The minimum atomic E-state index is -0.325. The van der Waals surface area contributed by atoms with Crippen molar-refractivity contribution in [3.05, 3.63) is 23.8 Å². The highest BCUT2D eigenvalue weighted by molar-refractivity contribution is 6.02. The van der Waals surface area contributed by atoms with Gasteiger partial charge in [-0.15, -0.1) is 0 Å². The lowest BCUT2D eigenvalue weighted by Crippen LogP contribution is -2.43. The number of rotatable bonds is 5. The normalized spacial score (nSPS) is 15.8. The van der Waals surface area contributed by atoms with Gasteiger partial charge in [0, 0.05) is 36.0 Å². The van der Waals surface area contributed by atoms with E-state index in [0.717, 1.165) is 38.0 Å². The Labute approximate surface area is 163 Å². The van der Waals surface area contributed by atoms with Crippen LogP contribution in [0.1, 0.15) is 70.7 Å². The largest absolute Gasteiger partial charge is 0.371 e. The minimum absolute atomic E-state index is 0.0928. The monoisotopic (exact) mass is 374 g/mol. The third kappa shape index (κ3) is 6.45. The topological polar surface area (TPSA) is 73.5 Å². The van der Waals surface area contributed by atoms with Crippen molar-refractivity contribution in [1.82, 2.24) is 10.6 Å². The molecule has 1 fully saturated rings. The number of carbonyl (C=O) groups is 2. The fourth-order valence-corrected chi connectivity index (χ4v) is 3.11. The van der Waals surface area contributed by atoms with Crippen molar-refractivity contribution in [2.45, 2.75) is 71.9 Å². The quantitative estimate of drug-likeness (QED) is 0.726. The molecule has 0 bridgehead atoms. The summed E-state index contributed by atoms with van der Waals surface area (Å²) in [5.41, 5.74) is 1.85. The smallest absolute Gasteiger partial charge is 0.319 e. The van der Waals surface area contributed by atoms with Crippen LogP contribution in [0.4, 0.5) is 16.2 Å². The van der Waals surface area contributed by atoms with Crippen LogP contribution in [-0.4, -0.2) is 36.6 Å².